The molecule has 1 saturated carbocycles. The first-order valence-electron chi connectivity index (χ1n) is 6.28. The molecule has 100 valence electrons. The molecule has 0 amide bonds. The zero-order valence-corrected chi connectivity index (χ0v) is 10.7. The molecule has 19 heavy (non-hydrogen) atoms. The molecule has 0 saturated heterocycles. The summed E-state index contributed by atoms with van der Waals surface area (Å²) in [6.07, 6.45) is 2.36. The Bertz CT molecular complexity index is 611. The second-order valence-electron chi connectivity index (χ2n) is 4.62. The van der Waals surface area contributed by atoms with Crippen molar-refractivity contribution in [1.82, 2.24) is 10.6 Å². The van der Waals surface area contributed by atoms with Gasteiger partial charge in [-0.1, -0.05) is 0 Å². The smallest absolute Gasteiger partial charge is 0.431 e. The Labute approximate surface area is 109 Å². The highest BCUT2D eigenvalue weighted by Gasteiger charge is 2.27. The van der Waals surface area contributed by atoms with Crippen LogP contribution in [0.5, 0.6) is 5.75 Å². The molecule has 0 bridgehead atoms. The van der Waals surface area contributed by atoms with E-state index in [9.17, 15) is 4.79 Å². The van der Waals surface area contributed by atoms with Gasteiger partial charge < -0.3 is 10.1 Å². The predicted molar refractivity (Wildman–Crippen MR) is 67.3 cm³/mol. The number of H-pyrrole nitrogens is 1. The zero-order valence-electron chi connectivity index (χ0n) is 10.7. The first kappa shape index (κ1) is 12.0. The molecule has 6 heteroatoms. The quantitative estimate of drug-likeness (QED) is 0.770. The van der Waals surface area contributed by atoms with Crippen molar-refractivity contribution >= 4 is 0 Å². The van der Waals surface area contributed by atoms with E-state index in [0.717, 1.165) is 11.4 Å². The maximum Gasteiger partial charge on any atom is 0.431 e. The summed E-state index contributed by atoms with van der Waals surface area (Å²) in [7, 11) is 1.62. The average Bonchev–Trinajstić information content (AvgIpc) is 3.20. The van der Waals surface area contributed by atoms with Gasteiger partial charge in [-0.3, -0.25) is 4.52 Å². The summed E-state index contributed by atoms with van der Waals surface area (Å²) in [5.74, 6) is 0.771. The van der Waals surface area contributed by atoms with E-state index in [2.05, 4.69) is 10.6 Å². The Morgan fingerprint density at radius 2 is 2.16 bits per heavy atom. The summed E-state index contributed by atoms with van der Waals surface area (Å²) < 4.78 is 11.6. The Balaban J connectivity index is 1.87. The van der Waals surface area contributed by atoms with Crippen LogP contribution in [-0.4, -0.2) is 18.4 Å². The summed E-state index contributed by atoms with van der Waals surface area (Å²) in [6, 6.07) is 7.95. The summed E-state index contributed by atoms with van der Waals surface area (Å²) in [6.45, 7) is 0.503. The van der Waals surface area contributed by atoms with Gasteiger partial charge in [-0.25, -0.2) is 4.79 Å². The number of hydrogen-bond acceptors (Lipinski definition) is 4. The van der Waals surface area contributed by atoms with Crippen LogP contribution in [0, 0.1) is 0 Å². The molecular formula is C13H16N3O3+. The SMILES string of the molecule is COc1ccc(-[n+]2[nH]oc(=O)c2CNC2CC2)cc1. The Hall–Kier alpha value is -2.08. The lowest BCUT2D eigenvalue weighted by molar-refractivity contribution is -0.677. The van der Waals surface area contributed by atoms with Gasteiger partial charge in [0.1, 0.15) is 5.75 Å². The van der Waals surface area contributed by atoms with Crippen molar-refractivity contribution in [3.05, 3.63) is 40.4 Å². The molecule has 1 heterocycles. The molecule has 6 nitrogen and oxygen atoms in total. The molecule has 0 unspecified atom stereocenters. The van der Waals surface area contributed by atoms with Crippen LogP contribution in [0.2, 0.25) is 0 Å². The second-order valence-corrected chi connectivity index (χ2v) is 4.62. The number of benzene rings is 1. The third-order valence-electron chi connectivity index (χ3n) is 3.20. The van der Waals surface area contributed by atoms with Crippen molar-refractivity contribution in [2.24, 2.45) is 0 Å². The van der Waals surface area contributed by atoms with Crippen LogP contribution in [0.1, 0.15) is 18.5 Å². The molecule has 0 radical (unpaired) electrons. The van der Waals surface area contributed by atoms with Crippen molar-refractivity contribution in [3.63, 3.8) is 0 Å². The van der Waals surface area contributed by atoms with E-state index in [4.69, 9.17) is 9.26 Å². The molecule has 2 aromatic rings. The van der Waals surface area contributed by atoms with Crippen molar-refractivity contribution in [2.45, 2.75) is 25.4 Å². The van der Waals surface area contributed by atoms with Crippen LogP contribution in [-0.2, 0) is 6.54 Å². The van der Waals surface area contributed by atoms with E-state index in [1.165, 1.54) is 12.8 Å². The third kappa shape index (κ3) is 2.53. The normalized spacial score (nSPS) is 14.6. The molecule has 0 aliphatic heterocycles. The Morgan fingerprint density at radius 1 is 1.42 bits per heavy atom. The molecule has 2 N–H and O–H groups in total. The lowest BCUT2D eigenvalue weighted by Crippen LogP contribution is -2.41. The molecule has 1 aliphatic carbocycles. The molecule has 1 aromatic carbocycles. The van der Waals surface area contributed by atoms with E-state index in [1.54, 1.807) is 11.8 Å². The minimum absolute atomic E-state index is 0.344. The van der Waals surface area contributed by atoms with Gasteiger partial charge in [-0.05, 0) is 34.9 Å². The van der Waals surface area contributed by atoms with Crippen LogP contribution in [0.4, 0.5) is 0 Å². The number of nitrogens with zero attached hydrogens (tertiary/aromatic N) is 1. The van der Waals surface area contributed by atoms with Gasteiger partial charge in [0.2, 0.25) is 5.69 Å². The third-order valence-corrected chi connectivity index (χ3v) is 3.20. The molecule has 1 aliphatic rings. The zero-order chi connectivity index (χ0) is 13.2. The first-order valence-corrected chi connectivity index (χ1v) is 6.28. The maximum absolute atomic E-state index is 11.7. The Kier molecular flexibility index (Phi) is 3.08. The van der Waals surface area contributed by atoms with Gasteiger partial charge in [0.15, 0.2) is 0 Å². The molecule has 0 spiro atoms. The minimum atomic E-state index is -0.344. The number of aromatic amines is 1. The van der Waals surface area contributed by atoms with E-state index < -0.39 is 0 Å². The minimum Gasteiger partial charge on any atom is -0.497 e. The molecule has 1 aromatic heterocycles. The number of nitrogens with one attached hydrogen (secondary N) is 2. The van der Waals surface area contributed by atoms with E-state index >= 15 is 0 Å². The maximum atomic E-state index is 11.7. The van der Waals surface area contributed by atoms with Gasteiger partial charge in [0.25, 0.3) is 0 Å². The molecule has 0 atom stereocenters. The molecule has 3 rings (SSSR count). The second kappa shape index (κ2) is 4.89. The number of ether oxygens (including phenoxy) is 1. The van der Waals surface area contributed by atoms with Crippen LogP contribution in [0.15, 0.2) is 33.6 Å². The fourth-order valence-corrected chi connectivity index (χ4v) is 1.91. The fourth-order valence-electron chi connectivity index (χ4n) is 1.91. The van der Waals surface area contributed by atoms with Crippen LogP contribution >= 0.6 is 0 Å². The van der Waals surface area contributed by atoms with Crippen molar-refractivity contribution in [3.8, 4) is 11.4 Å². The van der Waals surface area contributed by atoms with E-state index in [-0.39, 0.29) is 5.63 Å². The summed E-state index contributed by atoms with van der Waals surface area (Å²) in [5, 5.41) is 5.93. The fraction of sp³-hybridized carbons (Fsp3) is 0.385. The lowest BCUT2D eigenvalue weighted by Gasteiger charge is -1.99. The number of rotatable bonds is 5. The van der Waals surface area contributed by atoms with Gasteiger partial charge in [0.05, 0.1) is 13.7 Å². The van der Waals surface area contributed by atoms with Crippen LogP contribution in [0.3, 0.4) is 0 Å². The van der Waals surface area contributed by atoms with Crippen LogP contribution < -0.4 is 20.4 Å². The standard InChI is InChI=1S/C13H15N3O3/c1-18-11-6-4-10(5-7-11)16-12(13(17)19-15-16)8-14-9-2-3-9/h4-7,9,14H,2-3,8H2,1H3/p+1. The lowest BCUT2D eigenvalue weighted by atomic mass is 10.3. The van der Waals surface area contributed by atoms with Crippen molar-refractivity contribution in [2.75, 3.05) is 7.11 Å². The number of aromatic nitrogens is 2. The largest absolute Gasteiger partial charge is 0.497 e. The van der Waals surface area contributed by atoms with E-state index in [1.807, 2.05) is 24.3 Å². The summed E-state index contributed by atoms with van der Waals surface area (Å²) in [4.78, 5) is 11.7. The monoisotopic (exact) mass is 262 g/mol. The topological polar surface area (TPSA) is 71.1 Å². The first-order chi connectivity index (χ1) is 9.28. The van der Waals surface area contributed by atoms with Crippen LogP contribution in [0.25, 0.3) is 5.69 Å². The highest BCUT2D eigenvalue weighted by Crippen LogP contribution is 2.18. The average molecular weight is 262 g/mol. The highest BCUT2D eigenvalue weighted by molar-refractivity contribution is 5.31. The van der Waals surface area contributed by atoms with Gasteiger partial charge >= 0.3 is 11.3 Å². The van der Waals surface area contributed by atoms with Crippen molar-refractivity contribution in [1.29, 1.82) is 0 Å². The predicted octanol–water partition coefficient (Wildman–Crippen LogP) is 0.505. The molecule has 1 fully saturated rings. The highest BCUT2D eigenvalue weighted by atomic mass is 16.5. The Morgan fingerprint density at radius 3 is 2.79 bits per heavy atom. The summed E-state index contributed by atoms with van der Waals surface area (Å²) >= 11 is 0. The number of hydrogen-bond donors (Lipinski definition) is 2. The summed E-state index contributed by atoms with van der Waals surface area (Å²) in [5.41, 5.74) is 1.06. The van der Waals surface area contributed by atoms with Gasteiger partial charge in [0, 0.05) is 18.2 Å². The van der Waals surface area contributed by atoms with Gasteiger partial charge in [-0.15, -0.1) is 0 Å². The molecular weight excluding hydrogens is 246 g/mol. The van der Waals surface area contributed by atoms with Gasteiger partial charge in [-0.2, -0.15) is 0 Å². The van der Waals surface area contributed by atoms with Crippen molar-refractivity contribution < 1.29 is 13.9 Å². The van der Waals surface area contributed by atoms with E-state index in [0.29, 0.717) is 18.3 Å². The number of methoxy groups -OCH3 is 1.